The van der Waals surface area contributed by atoms with E-state index in [-0.39, 0.29) is 0 Å². The van der Waals surface area contributed by atoms with Gasteiger partial charge in [-0.1, -0.05) is 127 Å². The van der Waals surface area contributed by atoms with E-state index in [1.165, 1.54) is 38.0 Å². The average Bonchev–Trinajstić information content (AvgIpc) is 3.77. The third-order valence-corrected chi connectivity index (χ3v) is 10.4. The summed E-state index contributed by atoms with van der Waals surface area (Å²) in [4.78, 5) is 20.1. The maximum Gasteiger partial charge on any atom is 0.165 e. The fourth-order valence-corrected chi connectivity index (χ4v) is 7.93. The first-order chi connectivity index (χ1) is 26.8. The molecule has 0 saturated carbocycles. The summed E-state index contributed by atoms with van der Waals surface area (Å²) in [7, 11) is 0. The number of rotatable bonds is 5. The molecular weight excluding hydrogens is 661 g/mol. The summed E-state index contributed by atoms with van der Waals surface area (Å²) in [6.07, 6.45) is 1.88. The van der Waals surface area contributed by atoms with E-state index in [2.05, 4.69) is 155 Å². The van der Waals surface area contributed by atoms with Gasteiger partial charge in [0.15, 0.2) is 17.5 Å². The van der Waals surface area contributed by atoms with Gasteiger partial charge in [0, 0.05) is 50.1 Å². The molecule has 0 aliphatic rings. The highest BCUT2D eigenvalue weighted by Gasteiger charge is 2.21. The molecule has 0 unspecified atom stereocenters. The molecule has 11 aromatic rings. The molecule has 11 rings (SSSR count). The number of fused-ring (bicyclic) bond motifs is 8. The van der Waals surface area contributed by atoms with Crippen molar-refractivity contribution < 1.29 is 0 Å². The Bertz CT molecular complexity index is 3200. The summed E-state index contributed by atoms with van der Waals surface area (Å²) in [6, 6.07) is 61.3. The van der Waals surface area contributed by atoms with Gasteiger partial charge < -0.3 is 4.57 Å². The number of benzene rings is 7. The minimum absolute atomic E-state index is 0.572. The van der Waals surface area contributed by atoms with Crippen LogP contribution in [-0.4, -0.2) is 29.1 Å². The molecule has 4 aromatic heterocycles. The molecule has 0 aliphatic heterocycles. The van der Waals surface area contributed by atoms with Crippen molar-refractivity contribution in [3.63, 3.8) is 0 Å². The number of hydrogen-bond acceptors (Lipinski definition) is 4. The predicted molar refractivity (Wildman–Crippen MR) is 220 cm³/mol. The summed E-state index contributed by atoms with van der Waals surface area (Å²) >= 11 is 0. The van der Waals surface area contributed by atoms with Gasteiger partial charge in [-0.25, -0.2) is 19.9 Å². The maximum absolute atomic E-state index is 5.10. The largest absolute Gasteiger partial charge is 0.309 e. The third-order valence-electron chi connectivity index (χ3n) is 10.4. The van der Waals surface area contributed by atoms with E-state index >= 15 is 0 Å². The van der Waals surface area contributed by atoms with E-state index < -0.39 is 0 Å². The Kier molecular flexibility index (Phi) is 6.75. The Labute approximate surface area is 310 Å². The number of pyridine rings is 1. The van der Waals surface area contributed by atoms with Crippen LogP contribution in [-0.2, 0) is 0 Å². The van der Waals surface area contributed by atoms with Gasteiger partial charge >= 0.3 is 0 Å². The molecule has 4 heterocycles. The van der Waals surface area contributed by atoms with Gasteiger partial charge in [-0.05, 0) is 59.3 Å². The number of nitrogens with zero attached hydrogens (tertiary/aromatic N) is 6. The lowest BCUT2D eigenvalue weighted by Crippen LogP contribution is -2.01. The molecule has 0 spiro atoms. The van der Waals surface area contributed by atoms with E-state index in [1.54, 1.807) is 0 Å². The standard InChI is InChI=1S/C48H30N6/c1-3-14-32(15-4-1)46-50-47(34-24-23-31-13-7-8-16-33(31)29-34)52-48(51-46)35-25-28-43(49-30-35)54-41-22-12-10-20-39(41)44-42(54)27-26-38-37-19-9-11-21-40(37)53(45(38)44)36-17-5-2-6-18-36/h1-30H. The highest BCUT2D eigenvalue weighted by atomic mass is 15.1. The minimum Gasteiger partial charge on any atom is -0.309 e. The molecule has 0 N–H and O–H groups in total. The van der Waals surface area contributed by atoms with E-state index in [4.69, 9.17) is 19.9 Å². The van der Waals surface area contributed by atoms with Gasteiger partial charge in [0.05, 0.1) is 22.1 Å². The molecule has 252 valence electrons. The van der Waals surface area contributed by atoms with Crippen LogP contribution < -0.4 is 0 Å². The van der Waals surface area contributed by atoms with Crippen LogP contribution in [0.25, 0.3) is 100 Å². The highest BCUT2D eigenvalue weighted by Crippen LogP contribution is 2.41. The van der Waals surface area contributed by atoms with Gasteiger partial charge in [0.2, 0.25) is 0 Å². The molecule has 54 heavy (non-hydrogen) atoms. The zero-order chi connectivity index (χ0) is 35.6. The maximum atomic E-state index is 5.10. The topological polar surface area (TPSA) is 61.4 Å². The molecule has 0 radical (unpaired) electrons. The molecule has 0 fully saturated rings. The lowest BCUT2D eigenvalue weighted by atomic mass is 10.1. The zero-order valence-electron chi connectivity index (χ0n) is 29.0. The summed E-state index contributed by atoms with van der Waals surface area (Å²) in [6.45, 7) is 0. The Morgan fingerprint density at radius 2 is 0.981 bits per heavy atom. The monoisotopic (exact) mass is 690 g/mol. The fraction of sp³-hybridized carbons (Fsp3) is 0. The molecule has 0 atom stereocenters. The molecule has 7 aromatic carbocycles. The quantitative estimate of drug-likeness (QED) is 0.180. The van der Waals surface area contributed by atoms with Gasteiger partial charge in [0.25, 0.3) is 0 Å². The van der Waals surface area contributed by atoms with Crippen molar-refractivity contribution in [3.05, 3.63) is 182 Å². The Morgan fingerprint density at radius 3 is 1.74 bits per heavy atom. The van der Waals surface area contributed by atoms with Crippen molar-refractivity contribution in [1.82, 2.24) is 29.1 Å². The van der Waals surface area contributed by atoms with Crippen LogP contribution in [0.5, 0.6) is 0 Å². The van der Waals surface area contributed by atoms with Crippen LogP contribution >= 0.6 is 0 Å². The molecular formula is C48H30N6. The number of aromatic nitrogens is 6. The van der Waals surface area contributed by atoms with Gasteiger partial charge in [-0.15, -0.1) is 0 Å². The van der Waals surface area contributed by atoms with Crippen LogP contribution in [0, 0.1) is 0 Å². The van der Waals surface area contributed by atoms with Gasteiger partial charge in [-0.3, -0.25) is 4.57 Å². The Morgan fingerprint density at radius 1 is 0.370 bits per heavy atom. The first-order valence-electron chi connectivity index (χ1n) is 18.1. The smallest absolute Gasteiger partial charge is 0.165 e. The third kappa shape index (κ3) is 4.74. The molecule has 0 aliphatic carbocycles. The second-order valence-electron chi connectivity index (χ2n) is 13.5. The SMILES string of the molecule is c1ccc(-c2nc(-c3ccc(-n4c5ccccc5c5c4ccc4c6ccccc6n(-c6ccccc6)c45)nc3)nc(-c3ccc4ccccc4c3)n2)cc1. The highest BCUT2D eigenvalue weighted by molar-refractivity contribution is 6.26. The van der Waals surface area contributed by atoms with Crippen LogP contribution in [0.3, 0.4) is 0 Å². The lowest BCUT2D eigenvalue weighted by Gasteiger charge is -2.11. The number of para-hydroxylation sites is 3. The van der Waals surface area contributed by atoms with Crippen molar-refractivity contribution in [1.29, 1.82) is 0 Å². The van der Waals surface area contributed by atoms with Crippen LogP contribution in [0.15, 0.2) is 182 Å². The predicted octanol–water partition coefficient (Wildman–Crippen LogP) is 11.6. The van der Waals surface area contributed by atoms with Crippen molar-refractivity contribution in [2.75, 3.05) is 0 Å². The molecule has 0 bridgehead atoms. The van der Waals surface area contributed by atoms with Crippen LogP contribution in [0.4, 0.5) is 0 Å². The fourth-order valence-electron chi connectivity index (χ4n) is 7.93. The first-order valence-corrected chi connectivity index (χ1v) is 18.1. The van der Waals surface area contributed by atoms with Crippen molar-refractivity contribution >= 4 is 54.4 Å². The van der Waals surface area contributed by atoms with Crippen LogP contribution in [0.2, 0.25) is 0 Å². The lowest BCUT2D eigenvalue weighted by molar-refractivity contribution is 1.05. The second-order valence-corrected chi connectivity index (χ2v) is 13.5. The second kappa shape index (κ2) is 12.1. The van der Waals surface area contributed by atoms with Crippen molar-refractivity contribution in [2.45, 2.75) is 0 Å². The molecule has 6 nitrogen and oxygen atoms in total. The van der Waals surface area contributed by atoms with Gasteiger partial charge in [0.1, 0.15) is 5.82 Å². The van der Waals surface area contributed by atoms with E-state index in [0.29, 0.717) is 17.5 Å². The summed E-state index contributed by atoms with van der Waals surface area (Å²) in [5, 5.41) is 7.13. The molecule has 0 amide bonds. The molecule has 0 saturated heterocycles. The van der Waals surface area contributed by atoms with Gasteiger partial charge in [-0.2, -0.15) is 0 Å². The first kappa shape index (κ1) is 30.2. The number of hydrogen-bond donors (Lipinski definition) is 0. The van der Waals surface area contributed by atoms with E-state index in [0.717, 1.165) is 44.6 Å². The van der Waals surface area contributed by atoms with E-state index in [1.807, 2.05) is 36.5 Å². The summed E-state index contributed by atoms with van der Waals surface area (Å²) < 4.78 is 4.67. The normalized spacial score (nSPS) is 11.7. The average molecular weight is 691 g/mol. The minimum atomic E-state index is 0.572. The van der Waals surface area contributed by atoms with Crippen molar-refractivity contribution in [3.8, 4) is 45.7 Å². The summed E-state index contributed by atoms with van der Waals surface area (Å²) in [5.74, 6) is 2.63. The zero-order valence-corrected chi connectivity index (χ0v) is 29.0. The summed E-state index contributed by atoms with van der Waals surface area (Å²) in [5.41, 5.74) is 8.36. The molecule has 6 heteroatoms. The Hall–Kier alpha value is -7.44. The van der Waals surface area contributed by atoms with Crippen LogP contribution in [0.1, 0.15) is 0 Å². The van der Waals surface area contributed by atoms with E-state index in [9.17, 15) is 0 Å². The van der Waals surface area contributed by atoms with Crippen molar-refractivity contribution in [2.24, 2.45) is 0 Å². The Balaban J connectivity index is 1.10.